The molecule has 6 nitrogen and oxygen atoms in total. The molecule has 0 aromatic carbocycles. The molecule has 0 fully saturated rings. The molecule has 0 amide bonds. The molecule has 3 heterocycles. The van der Waals surface area contributed by atoms with E-state index in [1.165, 1.54) is 0 Å². The predicted molar refractivity (Wildman–Crippen MR) is 120 cm³/mol. The van der Waals surface area contributed by atoms with E-state index in [0.29, 0.717) is 28.9 Å². The molecule has 2 aromatic rings. The molecule has 1 aliphatic heterocycles. The van der Waals surface area contributed by atoms with Crippen LogP contribution in [0.15, 0.2) is 46.3 Å². The predicted octanol–water partition coefficient (Wildman–Crippen LogP) is 4.36. The van der Waals surface area contributed by atoms with E-state index in [9.17, 15) is 9.59 Å². The summed E-state index contributed by atoms with van der Waals surface area (Å²) < 4.78 is 0. The maximum absolute atomic E-state index is 13.2. The third kappa shape index (κ3) is 4.08. The molecule has 1 aliphatic carbocycles. The van der Waals surface area contributed by atoms with Gasteiger partial charge in [-0.15, -0.1) is 0 Å². The molecule has 30 heavy (non-hydrogen) atoms. The number of carbonyl (C=O) groups excluding carboxylic acids is 1. The van der Waals surface area contributed by atoms with Gasteiger partial charge in [0.05, 0.1) is 11.5 Å². The van der Waals surface area contributed by atoms with Crippen LogP contribution in [0.2, 0.25) is 0 Å². The van der Waals surface area contributed by atoms with Gasteiger partial charge in [0, 0.05) is 36.2 Å². The molecule has 158 valence electrons. The smallest absolute Gasteiger partial charge is 0.257 e. The minimum absolute atomic E-state index is 0.146. The zero-order chi connectivity index (χ0) is 21.5. The van der Waals surface area contributed by atoms with Crippen LogP contribution in [0, 0.1) is 17.3 Å². The fraction of sp³-hybridized carbons (Fsp3) is 0.478. The van der Waals surface area contributed by atoms with Gasteiger partial charge in [-0.25, -0.2) is 4.98 Å². The van der Waals surface area contributed by atoms with Gasteiger partial charge in [0.25, 0.3) is 5.56 Å². The van der Waals surface area contributed by atoms with Gasteiger partial charge in [-0.1, -0.05) is 45.5 Å². The largest absolute Gasteiger partial charge is 0.343 e. The zero-order valence-corrected chi connectivity index (χ0v) is 18.7. The van der Waals surface area contributed by atoms with E-state index in [1.807, 2.05) is 12.1 Å². The standard InChI is InChI=1S/C23H28N4O2S/c1-13(2)7-10-30-22-26-20-19(21(29)27-22)17(14-5-8-24-9-6-14)18-15(25-20)11-23(3,4)12-16(18)28/h5-6,8-9,11,13,17-18H,7,10,12H2,1-4H3,(H2,25,26,27,29)/t17-,18-/m1/s1. The number of Topliss-reactive ketones (excluding diaryl/α,β-unsaturated/α-hetero) is 1. The van der Waals surface area contributed by atoms with Crippen molar-refractivity contribution in [1.29, 1.82) is 0 Å². The molecule has 4 rings (SSSR count). The lowest BCUT2D eigenvalue weighted by atomic mass is 9.67. The Morgan fingerprint density at radius 1 is 1.20 bits per heavy atom. The first-order valence-electron chi connectivity index (χ1n) is 10.4. The third-order valence-corrected chi connectivity index (χ3v) is 6.60. The molecule has 7 heteroatoms. The molecule has 0 saturated heterocycles. The Bertz CT molecular complexity index is 1040. The highest BCUT2D eigenvalue weighted by Crippen LogP contribution is 2.47. The van der Waals surface area contributed by atoms with E-state index < -0.39 is 5.92 Å². The van der Waals surface area contributed by atoms with Crippen LogP contribution in [-0.2, 0) is 4.79 Å². The summed E-state index contributed by atoms with van der Waals surface area (Å²) in [6, 6.07) is 3.77. The number of aromatic amines is 1. The monoisotopic (exact) mass is 424 g/mol. The number of allylic oxidation sites excluding steroid dienone is 2. The van der Waals surface area contributed by atoms with Crippen molar-refractivity contribution in [2.24, 2.45) is 17.3 Å². The summed E-state index contributed by atoms with van der Waals surface area (Å²) in [7, 11) is 0. The number of hydrogen-bond acceptors (Lipinski definition) is 6. The molecular formula is C23H28N4O2S. The van der Waals surface area contributed by atoms with Crippen molar-refractivity contribution in [3.63, 3.8) is 0 Å². The van der Waals surface area contributed by atoms with Crippen molar-refractivity contribution in [2.45, 2.75) is 51.6 Å². The minimum atomic E-state index is -0.407. The van der Waals surface area contributed by atoms with E-state index in [4.69, 9.17) is 4.98 Å². The number of nitrogens with one attached hydrogen (secondary N) is 2. The Labute approximate surface area is 181 Å². The van der Waals surface area contributed by atoms with Crippen molar-refractivity contribution in [2.75, 3.05) is 11.1 Å². The number of pyridine rings is 1. The van der Waals surface area contributed by atoms with E-state index >= 15 is 0 Å². The highest BCUT2D eigenvalue weighted by molar-refractivity contribution is 7.99. The second-order valence-electron chi connectivity index (χ2n) is 9.26. The van der Waals surface area contributed by atoms with Crippen LogP contribution in [0.1, 0.15) is 57.6 Å². The van der Waals surface area contributed by atoms with Crippen LogP contribution in [0.5, 0.6) is 0 Å². The minimum Gasteiger partial charge on any atom is -0.343 e. The highest BCUT2D eigenvalue weighted by Gasteiger charge is 2.45. The van der Waals surface area contributed by atoms with Gasteiger partial charge < -0.3 is 10.3 Å². The normalized spacial score (nSPS) is 22.2. The Hall–Kier alpha value is -2.41. The number of carbonyl (C=O) groups is 1. The molecule has 2 aliphatic rings. The Morgan fingerprint density at radius 3 is 2.63 bits per heavy atom. The Morgan fingerprint density at radius 2 is 1.93 bits per heavy atom. The van der Waals surface area contributed by atoms with Crippen LogP contribution in [0.4, 0.5) is 5.82 Å². The number of thioether (sulfide) groups is 1. The second kappa shape index (κ2) is 8.02. The van der Waals surface area contributed by atoms with Gasteiger partial charge in [-0.2, -0.15) is 0 Å². The summed E-state index contributed by atoms with van der Waals surface area (Å²) in [6.07, 6.45) is 7.04. The lowest BCUT2D eigenvalue weighted by Gasteiger charge is -2.40. The van der Waals surface area contributed by atoms with E-state index in [2.05, 4.69) is 49.1 Å². The zero-order valence-electron chi connectivity index (χ0n) is 17.9. The topological polar surface area (TPSA) is 87.7 Å². The fourth-order valence-electron chi connectivity index (χ4n) is 4.31. The second-order valence-corrected chi connectivity index (χ2v) is 10.3. The molecule has 2 N–H and O–H groups in total. The van der Waals surface area contributed by atoms with Crippen molar-refractivity contribution >= 4 is 23.4 Å². The van der Waals surface area contributed by atoms with Gasteiger partial charge in [-0.3, -0.25) is 14.6 Å². The maximum atomic E-state index is 13.2. The molecule has 0 radical (unpaired) electrons. The highest BCUT2D eigenvalue weighted by atomic mass is 32.2. The van der Waals surface area contributed by atoms with Crippen molar-refractivity contribution < 1.29 is 4.79 Å². The summed E-state index contributed by atoms with van der Waals surface area (Å²) in [6.45, 7) is 8.48. The van der Waals surface area contributed by atoms with Gasteiger partial charge in [0.2, 0.25) is 0 Å². The van der Waals surface area contributed by atoms with Crippen molar-refractivity contribution in [1.82, 2.24) is 15.0 Å². The lowest BCUT2D eigenvalue weighted by molar-refractivity contribution is -0.124. The average Bonchev–Trinajstić information content (AvgIpc) is 2.65. The third-order valence-electron chi connectivity index (χ3n) is 5.70. The lowest BCUT2D eigenvalue weighted by Crippen LogP contribution is -2.41. The fourth-order valence-corrected chi connectivity index (χ4v) is 5.42. The molecule has 2 aromatic heterocycles. The van der Waals surface area contributed by atoms with E-state index in [1.54, 1.807) is 24.2 Å². The number of rotatable bonds is 5. The molecule has 0 unspecified atom stereocenters. The summed E-state index contributed by atoms with van der Waals surface area (Å²) in [5.74, 6) is 1.41. The van der Waals surface area contributed by atoms with Gasteiger partial charge in [0.15, 0.2) is 5.16 Å². The molecule has 2 atom stereocenters. The van der Waals surface area contributed by atoms with Crippen LogP contribution in [0.25, 0.3) is 0 Å². The van der Waals surface area contributed by atoms with E-state index in [-0.39, 0.29) is 22.7 Å². The number of nitrogens with zero attached hydrogens (tertiary/aromatic N) is 2. The summed E-state index contributed by atoms with van der Waals surface area (Å²) in [5.41, 5.74) is 1.88. The summed E-state index contributed by atoms with van der Waals surface area (Å²) >= 11 is 1.56. The number of aromatic nitrogens is 3. The van der Waals surface area contributed by atoms with Crippen molar-refractivity contribution in [3.8, 4) is 0 Å². The first kappa shape index (κ1) is 20.8. The number of anilines is 1. The summed E-state index contributed by atoms with van der Waals surface area (Å²) in [4.78, 5) is 38.2. The van der Waals surface area contributed by atoms with Gasteiger partial charge in [-0.05, 0) is 35.4 Å². The first-order chi connectivity index (χ1) is 14.2. The van der Waals surface area contributed by atoms with E-state index in [0.717, 1.165) is 23.4 Å². The number of H-pyrrole nitrogens is 1. The Balaban J connectivity index is 1.82. The molecule has 0 spiro atoms. The molecule has 0 bridgehead atoms. The molecule has 0 saturated carbocycles. The number of fused-ring (bicyclic) bond motifs is 2. The number of ketones is 1. The van der Waals surface area contributed by atoms with Gasteiger partial charge in [0.1, 0.15) is 11.6 Å². The average molecular weight is 425 g/mol. The van der Waals surface area contributed by atoms with Crippen LogP contribution < -0.4 is 10.9 Å². The van der Waals surface area contributed by atoms with Crippen LogP contribution >= 0.6 is 11.8 Å². The van der Waals surface area contributed by atoms with Gasteiger partial charge >= 0.3 is 0 Å². The van der Waals surface area contributed by atoms with Crippen LogP contribution in [-0.4, -0.2) is 26.5 Å². The van der Waals surface area contributed by atoms with Crippen LogP contribution in [0.3, 0.4) is 0 Å². The van der Waals surface area contributed by atoms with Crippen molar-refractivity contribution in [3.05, 3.63) is 57.8 Å². The number of hydrogen-bond donors (Lipinski definition) is 2. The SMILES string of the molecule is CC(C)CCSc1nc2c(c(=O)[nH]1)[C@H](c1ccncc1)[C@H]1C(=O)CC(C)(C)C=C1N2. The first-order valence-corrected chi connectivity index (χ1v) is 11.4. The quantitative estimate of drug-likeness (QED) is 0.548. The summed E-state index contributed by atoms with van der Waals surface area (Å²) in [5, 5.41) is 3.96. The molecular weight excluding hydrogens is 396 g/mol. The maximum Gasteiger partial charge on any atom is 0.257 e. The Kier molecular flexibility index (Phi) is 5.57.